The van der Waals surface area contributed by atoms with Crippen molar-refractivity contribution in [3.63, 3.8) is 0 Å². The van der Waals surface area contributed by atoms with Gasteiger partial charge in [0.05, 0.1) is 0 Å². The van der Waals surface area contributed by atoms with E-state index in [1.54, 1.807) is 19.4 Å². The van der Waals surface area contributed by atoms with Gasteiger partial charge >= 0.3 is 130 Å². The van der Waals surface area contributed by atoms with Crippen LogP contribution in [0, 0.1) is 33.3 Å². The van der Waals surface area contributed by atoms with E-state index in [1.165, 1.54) is 0 Å². The summed E-state index contributed by atoms with van der Waals surface area (Å²) in [4.78, 5) is 0. The first kappa shape index (κ1) is 31.5. The summed E-state index contributed by atoms with van der Waals surface area (Å²) in [6.07, 6.45) is 5.26. The van der Waals surface area contributed by atoms with Gasteiger partial charge in [0.15, 0.2) is 0 Å². The topological polar surface area (TPSA) is 122 Å². The van der Waals surface area contributed by atoms with E-state index < -0.39 is 0 Å². The molecule has 0 spiro atoms. The zero-order valence-corrected chi connectivity index (χ0v) is 11.9. The number of furan rings is 1. The molecule has 0 aromatic carbocycles. The first-order chi connectivity index (χ1) is 10.3. The van der Waals surface area contributed by atoms with Crippen molar-refractivity contribution >= 4 is 10.6 Å². The second-order valence-corrected chi connectivity index (χ2v) is 2.50. The molecule has 0 N–H and O–H groups in total. The van der Waals surface area contributed by atoms with Gasteiger partial charge in [0.2, 0.25) is 0 Å². The SMILES string of the molecule is CO[C](=[Cr])/C=C/c1ccco1.[C-]#[O+].[C-]#[O+].[C-]#[O+].[C-]#[O+].[C-]#[O+]. The van der Waals surface area contributed by atoms with Crippen molar-refractivity contribution in [2.45, 2.75) is 0 Å². The minimum atomic E-state index is 0.737. The van der Waals surface area contributed by atoms with Crippen molar-refractivity contribution < 1.29 is 48.3 Å². The fraction of sp³-hybridized carbons (Fsp3) is 0.0769. The Labute approximate surface area is 130 Å². The maximum atomic E-state index is 7.50. The Morgan fingerprint density at radius 2 is 1.48 bits per heavy atom. The molecule has 1 aromatic heterocycles. The number of hydrogen-bond acceptors (Lipinski definition) is 2. The molecule has 0 atom stereocenters. The average Bonchev–Trinajstić information content (AvgIpc) is 3.15. The molecule has 8 heteroatoms. The molecule has 0 aliphatic carbocycles. The van der Waals surface area contributed by atoms with Crippen LogP contribution in [0.2, 0.25) is 0 Å². The second kappa shape index (κ2) is 43.0. The van der Waals surface area contributed by atoms with Crippen molar-refractivity contribution in [2.24, 2.45) is 0 Å². The number of methoxy groups -OCH3 is 1. The molecule has 0 bridgehead atoms. The fourth-order valence-corrected chi connectivity index (χ4v) is 0.711. The van der Waals surface area contributed by atoms with Crippen molar-refractivity contribution in [3.05, 3.63) is 63.5 Å². The number of ether oxygens (including phenoxy) is 1. The first-order valence-electron chi connectivity index (χ1n) is 4.14. The Hall–Kier alpha value is -1.92. The van der Waals surface area contributed by atoms with Crippen molar-refractivity contribution in [1.82, 2.24) is 0 Å². The van der Waals surface area contributed by atoms with E-state index in [0.717, 1.165) is 10.3 Å². The summed E-state index contributed by atoms with van der Waals surface area (Å²) in [5, 5.41) is 0. The van der Waals surface area contributed by atoms with E-state index >= 15 is 0 Å². The predicted molar refractivity (Wildman–Crippen MR) is 59.4 cm³/mol. The average molecular weight is 328 g/mol. The summed E-state index contributed by atoms with van der Waals surface area (Å²) in [6, 6.07) is 3.71. The van der Waals surface area contributed by atoms with Gasteiger partial charge in [-0.15, -0.1) is 0 Å². The van der Waals surface area contributed by atoms with Gasteiger partial charge < -0.3 is 0 Å². The van der Waals surface area contributed by atoms with E-state index in [4.69, 9.17) is 32.4 Å². The Morgan fingerprint density at radius 3 is 1.76 bits per heavy atom. The molecule has 0 amide bonds. The summed E-state index contributed by atoms with van der Waals surface area (Å²) >= 11 is 2.76. The first-order valence-corrected chi connectivity index (χ1v) is 4.78. The van der Waals surface area contributed by atoms with Crippen molar-refractivity contribution in [2.75, 3.05) is 7.11 Å². The zero-order valence-electron chi connectivity index (χ0n) is 10.7. The summed E-state index contributed by atoms with van der Waals surface area (Å²) in [6.45, 7) is 22.5. The van der Waals surface area contributed by atoms with Crippen LogP contribution in [0.25, 0.3) is 6.08 Å². The summed E-state index contributed by atoms with van der Waals surface area (Å²) in [5.74, 6) is 0.815. The molecule has 1 rings (SSSR count). The molecule has 0 fully saturated rings. The molecule has 0 saturated carbocycles. The van der Waals surface area contributed by atoms with Crippen LogP contribution >= 0.6 is 0 Å². The molecule has 0 aliphatic heterocycles. The van der Waals surface area contributed by atoms with E-state index in [2.05, 4.69) is 49.1 Å². The molecule has 0 saturated heterocycles. The summed E-state index contributed by atoms with van der Waals surface area (Å²) in [7, 11) is 1.61. The molecular weight excluding hydrogens is 320 g/mol. The van der Waals surface area contributed by atoms with Crippen LogP contribution in [0.3, 0.4) is 0 Å². The third kappa shape index (κ3) is 32.0. The van der Waals surface area contributed by atoms with Gasteiger partial charge in [-0.25, -0.2) is 0 Å². The third-order valence-electron chi connectivity index (χ3n) is 1.13. The Morgan fingerprint density at radius 1 is 1.05 bits per heavy atom. The van der Waals surface area contributed by atoms with E-state index in [1.807, 2.05) is 18.2 Å². The van der Waals surface area contributed by atoms with Crippen LogP contribution < -0.4 is 0 Å². The maximum absolute atomic E-state index is 7.50. The predicted octanol–water partition coefficient (Wildman–Crippen LogP) is 1.43. The van der Waals surface area contributed by atoms with Gasteiger partial charge in [0.25, 0.3) is 0 Å². The minimum absolute atomic E-state index is 0.737. The van der Waals surface area contributed by atoms with Crippen molar-refractivity contribution in [3.8, 4) is 0 Å². The van der Waals surface area contributed by atoms with Gasteiger partial charge in [0, 0.05) is 0 Å². The van der Waals surface area contributed by atoms with Gasteiger partial charge in [-0.1, -0.05) is 0 Å². The van der Waals surface area contributed by atoms with Crippen LogP contribution in [0.15, 0.2) is 28.9 Å². The third-order valence-corrected chi connectivity index (χ3v) is 1.60. The van der Waals surface area contributed by atoms with Crippen LogP contribution in [0.5, 0.6) is 0 Å². The van der Waals surface area contributed by atoms with E-state index in [0.29, 0.717) is 0 Å². The summed E-state index contributed by atoms with van der Waals surface area (Å²) in [5.41, 5.74) is 0. The van der Waals surface area contributed by atoms with Crippen LogP contribution in [-0.4, -0.2) is 11.7 Å². The number of hydrogen-bond donors (Lipinski definition) is 0. The van der Waals surface area contributed by atoms with Gasteiger partial charge in [-0.05, 0) is 0 Å². The monoisotopic (exact) mass is 328 g/mol. The Kier molecular flexibility index (Phi) is 64.4. The molecule has 21 heavy (non-hydrogen) atoms. The Bertz CT molecular complexity index is 400. The van der Waals surface area contributed by atoms with Crippen LogP contribution in [0.4, 0.5) is 0 Å². The standard InChI is InChI=1S/C8H8O2.5CO.Cr/c1-9-6-2-4-8-5-3-7-10-8;5*1-2;/h2-5,7H,1H3;;;;;;/b4-2+;;;;;;. The molecule has 0 radical (unpaired) electrons. The normalized spacial score (nSPS) is 6.05. The van der Waals surface area contributed by atoms with E-state index in [9.17, 15) is 0 Å². The fourth-order valence-electron chi connectivity index (χ4n) is 0.604. The summed E-state index contributed by atoms with van der Waals surface area (Å²) < 4.78 is 48.2. The zero-order chi connectivity index (χ0) is 18.1. The van der Waals surface area contributed by atoms with Gasteiger partial charge in [-0.3, -0.25) is 0 Å². The molecule has 0 aliphatic rings. The Balaban J connectivity index is -0.0000000727. The van der Waals surface area contributed by atoms with Crippen LogP contribution in [-0.2, 0) is 43.8 Å². The van der Waals surface area contributed by atoms with E-state index in [-0.39, 0.29) is 0 Å². The second-order valence-electron chi connectivity index (χ2n) is 1.87. The van der Waals surface area contributed by atoms with Gasteiger partial charge in [0.1, 0.15) is 0 Å². The number of rotatable bonds is 3. The molecule has 108 valence electrons. The molecule has 7 nitrogen and oxygen atoms in total. The quantitative estimate of drug-likeness (QED) is 0.615. The van der Waals surface area contributed by atoms with Crippen LogP contribution in [0.1, 0.15) is 5.76 Å². The molecular formula is C13H8CrO7. The van der Waals surface area contributed by atoms with Gasteiger partial charge in [-0.2, -0.15) is 0 Å². The molecule has 1 heterocycles. The molecule has 1 aromatic rings. The molecule has 0 unspecified atom stereocenters. The van der Waals surface area contributed by atoms with Crippen molar-refractivity contribution in [1.29, 1.82) is 0 Å².